The lowest BCUT2D eigenvalue weighted by molar-refractivity contribution is -0.137. The smallest absolute Gasteiger partial charge is 0.278 e. The SMILES string of the molecule is CCOCCCN1C(=O)C(Nc2ccc(N(C)C)cc2)=C(c2ccccc2)C1=O. The highest BCUT2D eigenvalue weighted by Gasteiger charge is 2.38. The number of imide groups is 1. The first kappa shape index (κ1) is 20.6. The number of benzene rings is 2. The minimum absolute atomic E-state index is 0.273. The first-order valence-corrected chi connectivity index (χ1v) is 9.81. The zero-order valence-electron chi connectivity index (χ0n) is 17.1. The van der Waals surface area contributed by atoms with E-state index in [1.807, 2.05) is 80.5 Å². The molecule has 152 valence electrons. The maximum Gasteiger partial charge on any atom is 0.278 e. The van der Waals surface area contributed by atoms with Gasteiger partial charge in [0.05, 0.1) is 5.57 Å². The number of nitrogens with zero attached hydrogens (tertiary/aromatic N) is 2. The van der Waals surface area contributed by atoms with Gasteiger partial charge in [0.15, 0.2) is 0 Å². The molecule has 0 fully saturated rings. The van der Waals surface area contributed by atoms with Crippen molar-refractivity contribution in [1.82, 2.24) is 4.90 Å². The molecule has 0 bridgehead atoms. The lowest BCUT2D eigenvalue weighted by Crippen LogP contribution is -2.34. The van der Waals surface area contributed by atoms with E-state index in [0.29, 0.717) is 37.4 Å². The number of hydrogen-bond acceptors (Lipinski definition) is 5. The van der Waals surface area contributed by atoms with Crippen molar-refractivity contribution in [3.63, 3.8) is 0 Å². The van der Waals surface area contributed by atoms with Crippen LogP contribution in [0.3, 0.4) is 0 Å². The first-order chi connectivity index (χ1) is 14.0. The van der Waals surface area contributed by atoms with E-state index in [-0.39, 0.29) is 11.8 Å². The molecule has 0 radical (unpaired) electrons. The third-order valence-corrected chi connectivity index (χ3v) is 4.76. The Hall–Kier alpha value is -3.12. The molecule has 3 rings (SSSR count). The third kappa shape index (κ3) is 4.66. The highest BCUT2D eigenvalue weighted by molar-refractivity contribution is 6.36. The van der Waals surface area contributed by atoms with E-state index in [1.54, 1.807) is 0 Å². The van der Waals surface area contributed by atoms with E-state index in [9.17, 15) is 9.59 Å². The molecule has 6 heteroatoms. The van der Waals surface area contributed by atoms with Crippen molar-refractivity contribution in [1.29, 1.82) is 0 Å². The van der Waals surface area contributed by atoms with E-state index in [4.69, 9.17) is 4.74 Å². The molecule has 0 spiro atoms. The van der Waals surface area contributed by atoms with Crippen molar-refractivity contribution in [3.05, 3.63) is 65.9 Å². The van der Waals surface area contributed by atoms with Gasteiger partial charge in [-0.05, 0) is 43.2 Å². The largest absolute Gasteiger partial charge is 0.382 e. The number of carbonyl (C=O) groups excluding carboxylic acids is 2. The van der Waals surface area contributed by atoms with Crippen LogP contribution in [-0.4, -0.2) is 50.6 Å². The van der Waals surface area contributed by atoms with Crippen molar-refractivity contribution in [3.8, 4) is 0 Å². The number of carbonyl (C=O) groups is 2. The third-order valence-electron chi connectivity index (χ3n) is 4.76. The average molecular weight is 393 g/mol. The standard InChI is InChI=1S/C23H27N3O3/c1-4-29-16-8-15-26-22(27)20(17-9-6-5-7-10-17)21(23(26)28)24-18-11-13-19(14-12-18)25(2)3/h5-7,9-14,24H,4,8,15-16H2,1-3H3. The first-order valence-electron chi connectivity index (χ1n) is 9.81. The molecule has 1 aliphatic heterocycles. The summed E-state index contributed by atoms with van der Waals surface area (Å²) < 4.78 is 5.35. The molecular weight excluding hydrogens is 366 g/mol. The van der Waals surface area contributed by atoms with Crippen LogP contribution in [0.15, 0.2) is 60.3 Å². The molecule has 0 saturated heterocycles. The van der Waals surface area contributed by atoms with Gasteiger partial charge in [-0.15, -0.1) is 0 Å². The molecule has 0 unspecified atom stereocenters. The summed E-state index contributed by atoms with van der Waals surface area (Å²) in [5.74, 6) is -0.577. The minimum atomic E-state index is -0.304. The van der Waals surface area contributed by atoms with Crippen molar-refractivity contribution < 1.29 is 14.3 Å². The Labute approximate surface area is 171 Å². The summed E-state index contributed by atoms with van der Waals surface area (Å²) in [7, 11) is 3.94. The minimum Gasteiger partial charge on any atom is -0.382 e. The Morgan fingerprint density at radius 3 is 2.28 bits per heavy atom. The van der Waals surface area contributed by atoms with Gasteiger partial charge < -0.3 is 15.0 Å². The van der Waals surface area contributed by atoms with Crippen LogP contribution in [-0.2, 0) is 14.3 Å². The summed E-state index contributed by atoms with van der Waals surface area (Å²) >= 11 is 0. The van der Waals surface area contributed by atoms with Crippen LogP contribution in [0.25, 0.3) is 5.57 Å². The van der Waals surface area contributed by atoms with Crippen LogP contribution in [0.5, 0.6) is 0 Å². The predicted octanol–water partition coefficient (Wildman–Crippen LogP) is 3.37. The van der Waals surface area contributed by atoms with Gasteiger partial charge in [0.1, 0.15) is 5.70 Å². The Morgan fingerprint density at radius 1 is 0.966 bits per heavy atom. The summed E-state index contributed by atoms with van der Waals surface area (Å²) in [5, 5.41) is 3.19. The number of anilines is 2. The van der Waals surface area contributed by atoms with Gasteiger partial charge in [0.25, 0.3) is 11.8 Å². The molecule has 0 aromatic heterocycles. The second-order valence-corrected chi connectivity index (χ2v) is 6.99. The number of ether oxygens (including phenoxy) is 1. The van der Waals surface area contributed by atoms with Crippen molar-refractivity contribution in [2.75, 3.05) is 44.1 Å². The zero-order valence-corrected chi connectivity index (χ0v) is 17.1. The molecule has 0 saturated carbocycles. The van der Waals surface area contributed by atoms with Crippen molar-refractivity contribution in [2.24, 2.45) is 0 Å². The highest BCUT2D eigenvalue weighted by atomic mass is 16.5. The van der Waals surface area contributed by atoms with Crippen LogP contribution >= 0.6 is 0 Å². The zero-order chi connectivity index (χ0) is 20.8. The molecule has 0 aliphatic carbocycles. The van der Waals surface area contributed by atoms with Gasteiger partial charge in [0, 0.05) is 45.2 Å². The van der Waals surface area contributed by atoms with Crippen molar-refractivity contribution in [2.45, 2.75) is 13.3 Å². The topological polar surface area (TPSA) is 61.9 Å². The Morgan fingerprint density at radius 2 is 1.66 bits per heavy atom. The van der Waals surface area contributed by atoms with Crippen LogP contribution in [0.4, 0.5) is 11.4 Å². The Balaban J connectivity index is 1.89. The van der Waals surface area contributed by atoms with Crippen LogP contribution in [0, 0.1) is 0 Å². The monoisotopic (exact) mass is 393 g/mol. The van der Waals surface area contributed by atoms with E-state index in [1.165, 1.54) is 4.90 Å². The van der Waals surface area contributed by atoms with Gasteiger partial charge in [-0.3, -0.25) is 14.5 Å². The highest BCUT2D eigenvalue weighted by Crippen LogP contribution is 2.30. The molecule has 1 N–H and O–H groups in total. The molecule has 0 atom stereocenters. The molecule has 29 heavy (non-hydrogen) atoms. The molecule has 6 nitrogen and oxygen atoms in total. The molecule has 2 amide bonds. The quantitative estimate of drug-likeness (QED) is 0.523. The molecule has 1 aliphatic rings. The fraction of sp³-hybridized carbons (Fsp3) is 0.304. The molecular formula is C23H27N3O3. The lowest BCUT2D eigenvalue weighted by Gasteiger charge is -2.16. The van der Waals surface area contributed by atoms with E-state index in [2.05, 4.69) is 5.32 Å². The molecule has 2 aromatic rings. The van der Waals surface area contributed by atoms with E-state index >= 15 is 0 Å². The lowest BCUT2D eigenvalue weighted by atomic mass is 10.0. The van der Waals surface area contributed by atoms with Gasteiger partial charge >= 0.3 is 0 Å². The van der Waals surface area contributed by atoms with Gasteiger partial charge in [0.2, 0.25) is 0 Å². The maximum absolute atomic E-state index is 13.1. The normalized spacial score (nSPS) is 14.0. The number of rotatable bonds is 9. The maximum atomic E-state index is 13.1. The van der Waals surface area contributed by atoms with Crippen molar-refractivity contribution >= 4 is 28.8 Å². The Kier molecular flexibility index (Phi) is 6.67. The second-order valence-electron chi connectivity index (χ2n) is 6.99. The fourth-order valence-electron chi connectivity index (χ4n) is 3.22. The molecule has 2 aromatic carbocycles. The van der Waals surface area contributed by atoms with E-state index < -0.39 is 0 Å². The average Bonchev–Trinajstić information content (AvgIpc) is 2.96. The van der Waals surface area contributed by atoms with Gasteiger partial charge in [-0.1, -0.05) is 30.3 Å². The van der Waals surface area contributed by atoms with E-state index in [0.717, 1.165) is 16.9 Å². The van der Waals surface area contributed by atoms with Gasteiger partial charge in [-0.2, -0.15) is 0 Å². The van der Waals surface area contributed by atoms with Crippen LogP contribution in [0.1, 0.15) is 18.9 Å². The Bertz CT molecular complexity index is 889. The van der Waals surface area contributed by atoms with Gasteiger partial charge in [-0.25, -0.2) is 0 Å². The summed E-state index contributed by atoms with van der Waals surface area (Å²) in [6.07, 6.45) is 0.609. The fourth-order valence-corrected chi connectivity index (χ4v) is 3.22. The second kappa shape index (κ2) is 9.39. The summed E-state index contributed by atoms with van der Waals surface area (Å²) in [5.41, 5.74) is 3.26. The summed E-state index contributed by atoms with van der Waals surface area (Å²) in [6, 6.07) is 17.0. The number of nitrogens with one attached hydrogen (secondary N) is 1. The summed E-state index contributed by atoms with van der Waals surface area (Å²) in [6.45, 7) is 3.39. The number of amides is 2. The summed E-state index contributed by atoms with van der Waals surface area (Å²) in [4.78, 5) is 29.5. The predicted molar refractivity (Wildman–Crippen MR) is 116 cm³/mol. The number of hydrogen-bond donors (Lipinski definition) is 1. The van der Waals surface area contributed by atoms with Crippen LogP contribution < -0.4 is 10.2 Å². The molecule has 1 heterocycles. The van der Waals surface area contributed by atoms with Crippen LogP contribution in [0.2, 0.25) is 0 Å².